The molecule has 1 amide bonds. The van der Waals surface area contributed by atoms with E-state index in [1.165, 1.54) is 6.92 Å². The molecule has 0 radical (unpaired) electrons. The van der Waals surface area contributed by atoms with Crippen LogP contribution in [0.4, 0.5) is 9.18 Å². The van der Waals surface area contributed by atoms with E-state index in [-0.39, 0.29) is 12.8 Å². The molecule has 1 saturated heterocycles. The van der Waals surface area contributed by atoms with E-state index in [1.807, 2.05) is 6.92 Å². The predicted molar refractivity (Wildman–Crippen MR) is 64.2 cm³/mol. The first-order valence-electron chi connectivity index (χ1n) is 6.38. The zero-order chi connectivity index (χ0) is 14.3. The molecule has 19 heavy (non-hydrogen) atoms. The number of hydrogen-bond donors (Lipinski definition) is 1. The standard InChI is InChI=1S/C12H20FNO5/c1-3-4-14-12(16)19-11-6-9(17-8(2)15)5-10(7-13)18-11/h9-11H,3-7H2,1-2H3,(H,14,16). The van der Waals surface area contributed by atoms with Crippen molar-refractivity contribution in [1.29, 1.82) is 0 Å². The Kier molecular flexibility index (Phi) is 6.55. The Bertz CT molecular complexity index is 312. The molecule has 0 aromatic heterocycles. The minimum absolute atomic E-state index is 0.218. The van der Waals surface area contributed by atoms with Gasteiger partial charge in [0.15, 0.2) is 0 Å². The van der Waals surface area contributed by atoms with Crippen molar-refractivity contribution in [2.75, 3.05) is 13.2 Å². The molecule has 6 nitrogen and oxygen atoms in total. The van der Waals surface area contributed by atoms with Gasteiger partial charge in [0.2, 0.25) is 6.29 Å². The number of alkyl carbamates (subject to hydrolysis) is 1. The molecule has 0 spiro atoms. The van der Waals surface area contributed by atoms with E-state index < -0.39 is 37.2 Å². The fourth-order valence-electron chi connectivity index (χ4n) is 1.82. The summed E-state index contributed by atoms with van der Waals surface area (Å²) in [7, 11) is 0. The van der Waals surface area contributed by atoms with Gasteiger partial charge in [-0.25, -0.2) is 9.18 Å². The molecule has 0 aromatic rings. The van der Waals surface area contributed by atoms with Crippen LogP contribution in [0, 0.1) is 0 Å². The van der Waals surface area contributed by atoms with Gasteiger partial charge in [-0.05, 0) is 6.42 Å². The molecule has 1 rings (SSSR count). The Balaban J connectivity index is 2.47. The van der Waals surface area contributed by atoms with Crippen molar-refractivity contribution in [2.24, 2.45) is 0 Å². The van der Waals surface area contributed by atoms with Crippen LogP contribution in [0.3, 0.4) is 0 Å². The van der Waals surface area contributed by atoms with Crippen LogP contribution in [0.2, 0.25) is 0 Å². The lowest BCUT2D eigenvalue weighted by Crippen LogP contribution is -2.42. The number of hydrogen-bond acceptors (Lipinski definition) is 5. The largest absolute Gasteiger partial charge is 0.462 e. The lowest BCUT2D eigenvalue weighted by Gasteiger charge is -2.33. The number of ether oxygens (including phenoxy) is 3. The summed E-state index contributed by atoms with van der Waals surface area (Å²) in [5, 5.41) is 2.53. The van der Waals surface area contributed by atoms with E-state index in [0.717, 1.165) is 6.42 Å². The highest BCUT2D eigenvalue weighted by atomic mass is 19.1. The van der Waals surface area contributed by atoms with Gasteiger partial charge in [-0.1, -0.05) is 6.92 Å². The second kappa shape index (κ2) is 7.93. The summed E-state index contributed by atoms with van der Waals surface area (Å²) < 4.78 is 28.0. The molecule has 1 aliphatic rings. The number of rotatable bonds is 5. The van der Waals surface area contributed by atoms with E-state index in [9.17, 15) is 14.0 Å². The molecule has 0 saturated carbocycles. The third-order valence-electron chi connectivity index (χ3n) is 2.59. The van der Waals surface area contributed by atoms with Crippen molar-refractivity contribution in [2.45, 2.75) is 51.6 Å². The minimum Gasteiger partial charge on any atom is -0.462 e. The van der Waals surface area contributed by atoms with E-state index in [0.29, 0.717) is 6.54 Å². The summed E-state index contributed by atoms with van der Waals surface area (Å²) in [4.78, 5) is 22.3. The molecule has 1 aliphatic heterocycles. The van der Waals surface area contributed by atoms with Crippen LogP contribution in [0.5, 0.6) is 0 Å². The topological polar surface area (TPSA) is 73.9 Å². The van der Waals surface area contributed by atoms with Crippen LogP contribution in [0.15, 0.2) is 0 Å². The molecule has 0 aliphatic carbocycles. The molecule has 7 heteroatoms. The Hall–Kier alpha value is -1.37. The smallest absolute Gasteiger partial charge is 0.409 e. The molecule has 1 N–H and O–H groups in total. The van der Waals surface area contributed by atoms with Gasteiger partial charge in [0, 0.05) is 26.3 Å². The maximum Gasteiger partial charge on any atom is 0.409 e. The van der Waals surface area contributed by atoms with Crippen LogP contribution >= 0.6 is 0 Å². The number of carbonyl (C=O) groups is 2. The summed E-state index contributed by atoms with van der Waals surface area (Å²) in [5.41, 5.74) is 0. The van der Waals surface area contributed by atoms with Crippen LogP contribution < -0.4 is 5.32 Å². The van der Waals surface area contributed by atoms with Gasteiger partial charge in [0.25, 0.3) is 0 Å². The maximum absolute atomic E-state index is 12.7. The zero-order valence-electron chi connectivity index (χ0n) is 11.2. The van der Waals surface area contributed by atoms with E-state index in [1.54, 1.807) is 0 Å². The SMILES string of the molecule is CCCNC(=O)OC1CC(OC(C)=O)CC(CF)O1. The van der Waals surface area contributed by atoms with Crippen molar-refractivity contribution >= 4 is 12.1 Å². The number of alkyl halides is 1. The van der Waals surface area contributed by atoms with Gasteiger partial charge in [-0.15, -0.1) is 0 Å². The fraction of sp³-hybridized carbons (Fsp3) is 0.833. The van der Waals surface area contributed by atoms with E-state index >= 15 is 0 Å². The fourth-order valence-corrected chi connectivity index (χ4v) is 1.82. The highest BCUT2D eigenvalue weighted by Crippen LogP contribution is 2.23. The summed E-state index contributed by atoms with van der Waals surface area (Å²) >= 11 is 0. The Morgan fingerprint density at radius 3 is 2.68 bits per heavy atom. The van der Waals surface area contributed by atoms with Crippen molar-refractivity contribution in [3.8, 4) is 0 Å². The molecule has 110 valence electrons. The van der Waals surface area contributed by atoms with Crippen LogP contribution in [-0.2, 0) is 19.0 Å². The first-order chi connectivity index (χ1) is 9.05. The van der Waals surface area contributed by atoms with Gasteiger partial charge in [-0.2, -0.15) is 0 Å². The van der Waals surface area contributed by atoms with Gasteiger partial charge >= 0.3 is 12.1 Å². The summed E-state index contributed by atoms with van der Waals surface area (Å²) in [6.45, 7) is 2.97. The Morgan fingerprint density at radius 2 is 2.11 bits per heavy atom. The Labute approximate surface area is 111 Å². The molecule has 1 fully saturated rings. The average Bonchev–Trinajstić information content (AvgIpc) is 2.35. The third-order valence-corrected chi connectivity index (χ3v) is 2.59. The summed E-state index contributed by atoms with van der Waals surface area (Å²) in [6.07, 6.45) is -1.45. The van der Waals surface area contributed by atoms with Crippen LogP contribution in [0.25, 0.3) is 0 Å². The lowest BCUT2D eigenvalue weighted by atomic mass is 10.1. The molecule has 1 heterocycles. The zero-order valence-corrected chi connectivity index (χ0v) is 11.2. The van der Waals surface area contributed by atoms with Gasteiger partial charge in [-0.3, -0.25) is 4.79 Å². The first kappa shape index (κ1) is 15.7. The van der Waals surface area contributed by atoms with Crippen molar-refractivity contribution < 1.29 is 28.2 Å². The highest BCUT2D eigenvalue weighted by molar-refractivity contribution is 5.67. The second-order valence-corrected chi connectivity index (χ2v) is 4.38. The van der Waals surface area contributed by atoms with Crippen LogP contribution in [-0.4, -0.2) is 43.8 Å². The van der Waals surface area contributed by atoms with E-state index in [4.69, 9.17) is 14.2 Å². The molecule has 3 atom stereocenters. The van der Waals surface area contributed by atoms with Gasteiger partial charge in [0.1, 0.15) is 12.8 Å². The van der Waals surface area contributed by atoms with Crippen molar-refractivity contribution in [3.63, 3.8) is 0 Å². The average molecular weight is 277 g/mol. The number of amides is 1. The predicted octanol–water partition coefficient (Wildman–Crippen LogP) is 1.53. The number of nitrogens with one attached hydrogen (secondary N) is 1. The number of carbonyl (C=O) groups excluding carboxylic acids is 2. The first-order valence-corrected chi connectivity index (χ1v) is 6.38. The summed E-state index contributed by atoms with van der Waals surface area (Å²) in [6, 6.07) is 0. The van der Waals surface area contributed by atoms with Gasteiger partial charge < -0.3 is 19.5 Å². The highest BCUT2D eigenvalue weighted by Gasteiger charge is 2.33. The van der Waals surface area contributed by atoms with E-state index in [2.05, 4.69) is 5.32 Å². The molecule has 3 unspecified atom stereocenters. The van der Waals surface area contributed by atoms with Gasteiger partial charge in [0.05, 0.1) is 6.10 Å². The molecular formula is C12H20FNO5. The monoisotopic (exact) mass is 277 g/mol. The summed E-state index contributed by atoms with van der Waals surface area (Å²) in [5.74, 6) is -0.446. The second-order valence-electron chi connectivity index (χ2n) is 4.38. The number of halogens is 1. The normalized spacial score (nSPS) is 26.6. The maximum atomic E-state index is 12.7. The number of esters is 1. The third kappa shape index (κ3) is 5.87. The quantitative estimate of drug-likeness (QED) is 0.771. The lowest BCUT2D eigenvalue weighted by molar-refractivity contribution is -0.201. The van der Waals surface area contributed by atoms with Crippen LogP contribution in [0.1, 0.15) is 33.1 Å². The minimum atomic E-state index is -0.893. The molecular weight excluding hydrogens is 257 g/mol. The van der Waals surface area contributed by atoms with Crippen molar-refractivity contribution in [3.05, 3.63) is 0 Å². The van der Waals surface area contributed by atoms with Crippen molar-refractivity contribution in [1.82, 2.24) is 5.32 Å². The Morgan fingerprint density at radius 1 is 1.37 bits per heavy atom. The molecule has 0 aromatic carbocycles. The molecule has 0 bridgehead atoms.